The Morgan fingerprint density at radius 3 is 2.13 bits per heavy atom. The summed E-state index contributed by atoms with van der Waals surface area (Å²) in [6.07, 6.45) is 17.5. The van der Waals surface area contributed by atoms with Crippen LogP contribution in [0.2, 0.25) is 0 Å². The lowest BCUT2D eigenvalue weighted by molar-refractivity contribution is -0.136. The number of aryl methyl sites for hydroxylation is 2. The Morgan fingerprint density at radius 1 is 0.795 bits per heavy atom. The molecule has 83 heavy (non-hydrogen) atoms. The van der Waals surface area contributed by atoms with E-state index in [9.17, 15) is 19.8 Å². The molecule has 3 atom stereocenters. The number of carbonyl (C=O) groups excluding carboxylic acids is 2. The van der Waals surface area contributed by atoms with Crippen LogP contribution in [0.4, 0.5) is 5.82 Å². The lowest BCUT2D eigenvalue weighted by atomic mass is 9.83. The molecule has 15 heteroatoms. The smallest absolute Gasteiger partial charge is 0.224 e. The highest BCUT2D eigenvalue weighted by atomic mass is 16.5. The van der Waals surface area contributed by atoms with E-state index in [0.29, 0.717) is 83.0 Å². The fraction of sp³-hybridized carbons (Fsp3) is 0.735. The number of ether oxygens (including phenoxy) is 4. The molecule has 2 aliphatic heterocycles. The van der Waals surface area contributed by atoms with Gasteiger partial charge in [0.25, 0.3) is 0 Å². The topological polar surface area (TPSA) is 187 Å². The maximum Gasteiger partial charge on any atom is 0.224 e. The van der Waals surface area contributed by atoms with Crippen LogP contribution in [-0.4, -0.2) is 135 Å². The number of imidazole rings is 1. The molecule has 15 nitrogen and oxygen atoms in total. The highest BCUT2D eigenvalue weighted by molar-refractivity contribution is 6.06. The second kappa shape index (κ2) is 30.7. The summed E-state index contributed by atoms with van der Waals surface area (Å²) < 4.78 is 27.9. The second-order valence-corrected chi connectivity index (χ2v) is 27.6. The summed E-state index contributed by atoms with van der Waals surface area (Å²) in [4.78, 5) is 40.1. The van der Waals surface area contributed by atoms with Gasteiger partial charge in [-0.1, -0.05) is 91.7 Å². The summed E-state index contributed by atoms with van der Waals surface area (Å²) in [5.74, 6) is 5.62. The SMILES string of the molecule is Cc1c(C)c2c(c(C)c1OCCCC(=O)NCC(C)(C)OCCC(C)(C)OCCC(=O)N1CCN(CCCc3ccc4c(c3)nc(N)c3nc(C)n(CC(C)(CO)CO)c34)CC1)CCC(C)(CCCC(C)CCCC(C)CCCC(C)C)O2. The molecule has 1 fully saturated rings. The van der Waals surface area contributed by atoms with Crippen LogP contribution in [-0.2, 0) is 38.4 Å². The molecule has 2 aromatic heterocycles. The molecule has 5 N–H and O–H groups in total. The Kier molecular flexibility index (Phi) is 25.0. The van der Waals surface area contributed by atoms with Gasteiger partial charge in [-0.05, 0) is 166 Å². The van der Waals surface area contributed by atoms with Gasteiger partial charge in [0.15, 0.2) is 5.82 Å². The summed E-state index contributed by atoms with van der Waals surface area (Å²) in [5, 5.41) is 24.0. The van der Waals surface area contributed by atoms with E-state index in [1.54, 1.807) is 0 Å². The molecular weight excluding hydrogens is 1040 g/mol. The number of aliphatic hydroxyl groups excluding tert-OH is 2. The van der Waals surface area contributed by atoms with E-state index in [1.807, 2.05) is 51.0 Å². The highest BCUT2D eigenvalue weighted by Gasteiger charge is 2.35. The van der Waals surface area contributed by atoms with E-state index in [-0.39, 0.29) is 30.6 Å². The molecular formula is C68H111N7O8. The van der Waals surface area contributed by atoms with Crippen LogP contribution in [0, 0.1) is 50.9 Å². The Morgan fingerprint density at radius 2 is 1.46 bits per heavy atom. The van der Waals surface area contributed by atoms with Crippen molar-refractivity contribution in [3.05, 3.63) is 51.8 Å². The van der Waals surface area contributed by atoms with Crippen LogP contribution >= 0.6 is 0 Å². The fourth-order valence-electron chi connectivity index (χ4n) is 12.2. The number of anilines is 1. The van der Waals surface area contributed by atoms with Crippen molar-refractivity contribution >= 4 is 39.6 Å². The van der Waals surface area contributed by atoms with Gasteiger partial charge < -0.3 is 49.7 Å². The molecule has 2 amide bonds. The van der Waals surface area contributed by atoms with Gasteiger partial charge in [0.1, 0.15) is 28.4 Å². The number of amides is 2. The number of aliphatic hydroxyl groups is 2. The summed E-state index contributed by atoms with van der Waals surface area (Å²) in [5.41, 5.74) is 12.7. The maximum absolute atomic E-state index is 13.3. The van der Waals surface area contributed by atoms with Crippen LogP contribution < -0.4 is 20.5 Å². The molecule has 3 unspecified atom stereocenters. The Hall–Kier alpha value is -4.54. The number of nitrogen functional groups attached to an aromatic ring is 1. The van der Waals surface area contributed by atoms with Crippen molar-refractivity contribution < 1.29 is 38.7 Å². The average molecular weight is 1150 g/mol. The number of nitrogens with two attached hydrogens (primary N) is 1. The molecule has 6 rings (SSSR count). The third-order valence-corrected chi connectivity index (χ3v) is 18.3. The molecule has 0 aliphatic carbocycles. The number of piperazine rings is 1. The van der Waals surface area contributed by atoms with Gasteiger partial charge in [-0.15, -0.1) is 0 Å². The number of hydrogen-bond donors (Lipinski definition) is 4. The zero-order chi connectivity index (χ0) is 60.7. The summed E-state index contributed by atoms with van der Waals surface area (Å²) >= 11 is 0. The zero-order valence-electron chi connectivity index (χ0n) is 54.1. The Labute approximate surface area is 499 Å². The molecule has 1 saturated heterocycles. The molecule has 2 aliphatic rings. The van der Waals surface area contributed by atoms with E-state index in [0.717, 1.165) is 120 Å². The van der Waals surface area contributed by atoms with Gasteiger partial charge in [-0.25, -0.2) is 9.97 Å². The van der Waals surface area contributed by atoms with Crippen LogP contribution in [0.15, 0.2) is 18.2 Å². The number of pyridine rings is 1. The first-order valence-electron chi connectivity index (χ1n) is 32.0. The number of carbonyl (C=O) groups is 2. The van der Waals surface area contributed by atoms with Crippen molar-refractivity contribution in [2.75, 3.05) is 78.0 Å². The fourth-order valence-corrected chi connectivity index (χ4v) is 12.2. The van der Waals surface area contributed by atoms with Gasteiger partial charge in [0, 0.05) is 62.1 Å². The number of fused-ring (bicyclic) bond motifs is 4. The maximum atomic E-state index is 13.3. The predicted molar refractivity (Wildman–Crippen MR) is 338 cm³/mol. The zero-order valence-corrected chi connectivity index (χ0v) is 54.1. The third-order valence-electron chi connectivity index (χ3n) is 18.3. The molecule has 0 saturated carbocycles. The quantitative estimate of drug-likeness (QED) is 0.0320. The van der Waals surface area contributed by atoms with Gasteiger partial charge in [0.2, 0.25) is 11.8 Å². The minimum atomic E-state index is -0.707. The molecule has 4 heterocycles. The third kappa shape index (κ3) is 19.7. The van der Waals surface area contributed by atoms with E-state index in [2.05, 4.69) is 83.8 Å². The van der Waals surface area contributed by atoms with Crippen molar-refractivity contribution in [1.29, 1.82) is 0 Å². The van der Waals surface area contributed by atoms with E-state index >= 15 is 0 Å². The molecule has 2 aromatic carbocycles. The number of rotatable bonds is 35. The van der Waals surface area contributed by atoms with E-state index in [1.165, 1.54) is 62.5 Å². The van der Waals surface area contributed by atoms with E-state index in [4.69, 9.17) is 34.6 Å². The summed E-state index contributed by atoms with van der Waals surface area (Å²) in [6.45, 7) is 35.9. The van der Waals surface area contributed by atoms with Crippen molar-refractivity contribution in [3.63, 3.8) is 0 Å². The number of aromatic nitrogens is 3. The lowest BCUT2D eigenvalue weighted by Gasteiger charge is -2.38. The van der Waals surface area contributed by atoms with Crippen LogP contribution in [0.5, 0.6) is 11.5 Å². The molecule has 0 bridgehead atoms. The van der Waals surface area contributed by atoms with Gasteiger partial charge in [0.05, 0.1) is 61.7 Å². The summed E-state index contributed by atoms with van der Waals surface area (Å²) in [6, 6.07) is 6.32. The minimum absolute atomic E-state index is 0.0198. The first-order chi connectivity index (χ1) is 39.2. The summed E-state index contributed by atoms with van der Waals surface area (Å²) in [7, 11) is 0. The first-order valence-corrected chi connectivity index (χ1v) is 32.0. The largest absolute Gasteiger partial charge is 0.493 e. The number of hydrogen-bond acceptors (Lipinski definition) is 12. The standard InChI is InChI=1S/C68H111N7O8/c1-47(2)20-15-21-48(3)22-16-23-49(4)24-17-31-68(14)32-29-55-52(7)62(50(5)51(6)63(55)83-68)80-39-19-26-58(78)70-43-66(11,12)82-41-33-65(9,10)81-40-30-59(79)74-37-35-73(36-38-74)34-18-25-54-27-28-56-57(42-54)72-64(69)60-61(56)75(53(8)71-60)44-67(13,45-76)46-77/h27-28,42,47-49,76-77H,15-26,29-41,43-46H2,1-14H3,(H2,69,72)(H,70,78). The Balaban J connectivity index is 0.817. The predicted octanol–water partition coefficient (Wildman–Crippen LogP) is 12.3. The highest BCUT2D eigenvalue weighted by Crippen LogP contribution is 2.45. The molecule has 4 aromatic rings. The lowest BCUT2D eigenvalue weighted by Crippen LogP contribution is -2.49. The van der Waals surface area contributed by atoms with Gasteiger partial charge >= 0.3 is 0 Å². The van der Waals surface area contributed by atoms with E-state index < -0.39 is 16.6 Å². The molecule has 0 spiro atoms. The van der Waals surface area contributed by atoms with Crippen molar-refractivity contribution in [1.82, 2.24) is 29.7 Å². The second-order valence-electron chi connectivity index (χ2n) is 27.6. The van der Waals surface area contributed by atoms with Gasteiger partial charge in [-0.3, -0.25) is 14.5 Å². The van der Waals surface area contributed by atoms with Crippen LogP contribution in [0.25, 0.3) is 21.9 Å². The van der Waals surface area contributed by atoms with Crippen molar-refractivity contribution in [2.45, 2.75) is 229 Å². The van der Waals surface area contributed by atoms with Crippen molar-refractivity contribution in [3.8, 4) is 11.5 Å². The normalized spacial score (nSPS) is 17.1. The molecule has 0 radical (unpaired) electrons. The average Bonchev–Trinajstić information content (AvgIpc) is 3.43. The van der Waals surface area contributed by atoms with Crippen LogP contribution in [0.1, 0.15) is 199 Å². The van der Waals surface area contributed by atoms with Gasteiger partial charge in [-0.2, -0.15) is 0 Å². The number of nitrogens with zero attached hydrogens (tertiary/aromatic N) is 5. The monoisotopic (exact) mass is 1150 g/mol. The van der Waals surface area contributed by atoms with Crippen LogP contribution in [0.3, 0.4) is 0 Å². The first kappa shape index (κ1) is 67.6. The molecule has 466 valence electrons. The number of nitrogens with one attached hydrogen (secondary N) is 1. The Bertz CT molecular complexity index is 2720. The minimum Gasteiger partial charge on any atom is -0.493 e. The number of benzene rings is 2. The van der Waals surface area contributed by atoms with Crippen molar-refractivity contribution in [2.24, 2.45) is 23.2 Å².